The Morgan fingerprint density at radius 2 is 1.82 bits per heavy atom. The van der Waals surface area contributed by atoms with Crippen molar-refractivity contribution in [3.05, 3.63) is 42.2 Å². The molecule has 1 amide bonds. The molecule has 0 aliphatic carbocycles. The Morgan fingerprint density at radius 1 is 1.12 bits per heavy atom. The number of carbonyl (C=O) groups is 1. The molecule has 0 atom stereocenters. The first-order valence-electron chi connectivity index (χ1n) is 11.8. The van der Waals surface area contributed by atoms with Crippen molar-refractivity contribution in [2.24, 2.45) is 0 Å². The van der Waals surface area contributed by atoms with Gasteiger partial charge in [-0.1, -0.05) is 13.8 Å². The number of fused-ring (bicyclic) bond motifs is 1. The van der Waals surface area contributed by atoms with Crippen LogP contribution < -0.4 is 10.2 Å². The molecule has 1 aromatic carbocycles. The van der Waals surface area contributed by atoms with Gasteiger partial charge in [0.1, 0.15) is 5.65 Å². The summed E-state index contributed by atoms with van der Waals surface area (Å²) in [5, 5.41) is 4.38. The van der Waals surface area contributed by atoms with E-state index >= 15 is 0 Å². The van der Waals surface area contributed by atoms with Gasteiger partial charge in [0, 0.05) is 74.9 Å². The maximum atomic E-state index is 11.5. The Balaban J connectivity index is 1.52. The maximum absolute atomic E-state index is 11.5. The van der Waals surface area contributed by atoms with Crippen molar-refractivity contribution in [3.63, 3.8) is 0 Å². The predicted octanol–water partition coefficient (Wildman–Crippen LogP) is 4.35. The molecule has 0 saturated carbocycles. The molecule has 1 aliphatic heterocycles. The number of methoxy groups -OCH3 is 1. The van der Waals surface area contributed by atoms with Crippen molar-refractivity contribution in [2.45, 2.75) is 46.3 Å². The summed E-state index contributed by atoms with van der Waals surface area (Å²) in [5.74, 6) is 0.732. The Labute approximate surface area is 195 Å². The van der Waals surface area contributed by atoms with Crippen molar-refractivity contribution in [2.75, 3.05) is 43.5 Å². The quantitative estimate of drug-likeness (QED) is 0.550. The molecule has 8 heteroatoms. The lowest BCUT2D eigenvalue weighted by Gasteiger charge is -2.35. The minimum absolute atomic E-state index is 0.149. The molecule has 0 unspecified atom stereocenters. The molecule has 8 nitrogen and oxygen atoms in total. The highest BCUT2D eigenvalue weighted by molar-refractivity contribution is 5.78. The van der Waals surface area contributed by atoms with E-state index in [0.29, 0.717) is 18.6 Å². The van der Waals surface area contributed by atoms with Crippen LogP contribution in [-0.2, 0) is 16.1 Å². The van der Waals surface area contributed by atoms with E-state index in [1.807, 2.05) is 11.1 Å². The Bertz CT molecular complexity index is 1080. The molecule has 1 N–H and O–H groups in total. The summed E-state index contributed by atoms with van der Waals surface area (Å²) in [6.45, 7) is 9.84. The Morgan fingerprint density at radius 3 is 2.42 bits per heavy atom. The van der Waals surface area contributed by atoms with Gasteiger partial charge in [-0.15, -0.1) is 0 Å². The number of hydrogen-bond acceptors (Lipinski definition) is 6. The van der Waals surface area contributed by atoms with Crippen LogP contribution in [0.25, 0.3) is 11.0 Å². The third kappa shape index (κ3) is 4.95. The number of carbonyl (C=O) groups excluding carboxylic acids is 1. The van der Waals surface area contributed by atoms with Gasteiger partial charge in [0.25, 0.3) is 0 Å². The zero-order chi connectivity index (χ0) is 23.4. The second kappa shape index (κ2) is 10.2. The van der Waals surface area contributed by atoms with Gasteiger partial charge in [-0.3, -0.25) is 4.79 Å². The van der Waals surface area contributed by atoms with E-state index in [9.17, 15) is 4.79 Å². The van der Waals surface area contributed by atoms with Gasteiger partial charge in [-0.05, 0) is 43.2 Å². The zero-order valence-electron chi connectivity index (χ0n) is 20.0. The predicted molar refractivity (Wildman–Crippen MR) is 132 cm³/mol. The van der Waals surface area contributed by atoms with Crippen LogP contribution in [0.1, 0.15) is 45.3 Å². The molecule has 3 aromatic rings. The molecule has 2 aromatic heterocycles. The number of nitrogens with one attached hydrogen (secondary N) is 1. The minimum Gasteiger partial charge on any atom is -0.378 e. The Hall–Kier alpha value is -3.13. The molecular formula is C25H34N6O2. The summed E-state index contributed by atoms with van der Waals surface area (Å²) in [7, 11) is 1.72. The lowest BCUT2D eigenvalue weighted by atomic mass is 10.1. The van der Waals surface area contributed by atoms with E-state index in [4.69, 9.17) is 9.72 Å². The average molecular weight is 451 g/mol. The third-order valence-electron chi connectivity index (χ3n) is 6.47. The van der Waals surface area contributed by atoms with Crippen LogP contribution in [0, 0.1) is 0 Å². The summed E-state index contributed by atoms with van der Waals surface area (Å²) >= 11 is 0. The normalized spacial score (nSPS) is 14.3. The highest BCUT2D eigenvalue weighted by atomic mass is 16.5. The van der Waals surface area contributed by atoms with Crippen molar-refractivity contribution in [1.29, 1.82) is 0 Å². The van der Waals surface area contributed by atoms with Gasteiger partial charge in [0.15, 0.2) is 0 Å². The van der Waals surface area contributed by atoms with Crippen LogP contribution in [-0.4, -0.2) is 58.6 Å². The molecule has 1 fully saturated rings. The molecule has 0 bridgehead atoms. The molecule has 3 heterocycles. The van der Waals surface area contributed by atoms with Gasteiger partial charge < -0.3 is 24.4 Å². The van der Waals surface area contributed by atoms with E-state index < -0.39 is 0 Å². The van der Waals surface area contributed by atoms with Crippen molar-refractivity contribution in [1.82, 2.24) is 19.4 Å². The standard InChI is InChI=1S/C25H34N6O2/c1-5-21(6-2)31-23(17-33-4)15-19-16-26-25(28-24(19)31)27-20-7-9-22(10-8-20)30-13-11-29(12-14-30)18(3)32/h7-10,15-16,21H,5-6,11-14,17H2,1-4H3,(H,26,27,28). The van der Waals surface area contributed by atoms with Crippen LogP contribution in [0.3, 0.4) is 0 Å². The molecule has 33 heavy (non-hydrogen) atoms. The number of nitrogens with zero attached hydrogens (tertiary/aromatic N) is 5. The number of hydrogen-bond donors (Lipinski definition) is 1. The van der Waals surface area contributed by atoms with Gasteiger partial charge in [-0.25, -0.2) is 4.98 Å². The first-order chi connectivity index (χ1) is 16.0. The van der Waals surface area contributed by atoms with E-state index in [-0.39, 0.29) is 5.91 Å². The molecular weight excluding hydrogens is 416 g/mol. The molecule has 1 aliphatic rings. The number of anilines is 3. The van der Waals surface area contributed by atoms with E-state index in [1.54, 1.807) is 14.0 Å². The summed E-state index contributed by atoms with van der Waals surface area (Å²) in [4.78, 5) is 25.2. The Kier molecular flexibility index (Phi) is 7.13. The molecule has 0 radical (unpaired) electrons. The van der Waals surface area contributed by atoms with Crippen LogP contribution in [0.4, 0.5) is 17.3 Å². The van der Waals surface area contributed by atoms with Gasteiger partial charge in [-0.2, -0.15) is 4.98 Å². The monoisotopic (exact) mass is 450 g/mol. The second-order valence-corrected chi connectivity index (χ2v) is 8.55. The lowest BCUT2D eigenvalue weighted by molar-refractivity contribution is -0.129. The fraction of sp³-hybridized carbons (Fsp3) is 0.480. The fourth-order valence-corrected chi connectivity index (χ4v) is 4.61. The van der Waals surface area contributed by atoms with Crippen molar-refractivity contribution < 1.29 is 9.53 Å². The first kappa shape index (κ1) is 23.0. The van der Waals surface area contributed by atoms with E-state index in [0.717, 1.165) is 67.1 Å². The number of rotatable bonds is 8. The van der Waals surface area contributed by atoms with Crippen molar-refractivity contribution in [3.8, 4) is 0 Å². The van der Waals surface area contributed by atoms with Gasteiger partial charge >= 0.3 is 0 Å². The highest BCUT2D eigenvalue weighted by Crippen LogP contribution is 2.28. The zero-order valence-corrected chi connectivity index (χ0v) is 20.0. The average Bonchev–Trinajstić information content (AvgIpc) is 3.18. The summed E-state index contributed by atoms with van der Waals surface area (Å²) in [6, 6.07) is 10.8. The molecule has 4 rings (SSSR count). The molecule has 176 valence electrons. The first-order valence-corrected chi connectivity index (χ1v) is 11.8. The largest absolute Gasteiger partial charge is 0.378 e. The number of amides is 1. The van der Waals surface area contributed by atoms with E-state index in [1.165, 1.54) is 0 Å². The number of benzene rings is 1. The summed E-state index contributed by atoms with van der Waals surface area (Å²) in [6.07, 6.45) is 3.95. The maximum Gasteiger partial charge on any atom is 0.229 e. The van der Waals surface area contributed by atoms with E-state index in [2.05, 4.69) is 63.9 Å². The third-order valence-corrected chi connectivity index (χ3v) is 6.47. The molecule has 0 spiro atoms. The molecule has 1 saturated heterocycles. The van der Waals surface area contributed by atoms with Crippen molar-refractivity contribution >= 4 is 34.3 Å². The number of ether oxygens (including phenoxy) is 1. The topological polar surface area (TPSA) is 75.5 Å². The van der Waals surface area contributed by atoms with Crippen LogP contribution in [0.2, 0.25) is 0 Å². The van der Waals surface area contributed by atoms with Gasteiger partial charge in [0.2, 0.25) is 11.9 Å². The number of aromatic nitrogens is 3. The summed E-state index contributed by atoms with van der Waals surface area (Å²) < 4.78 is 7.73. The lowest BCUT2D eigenvalue weighted by Crippen LogP contribution is -2.48. The van der Waals surface area contributed by atoms with Crippen LogP contribution >= 0.6 is 0 Å². The smallest absolute Gasteiger partial charge is 0.229 e. The van der Waals surface area contributed by atoms with Crippen LogP contribution in [0.15, 0.2) is 36.5 Å². The SMILES string of the molecule is CCC(CC)n1c(COC)cc2cnc(Nc3ccc(N4CCN(C(C)=O)CC4)cc3)nc21. The number of piperazine rings is 1. The summed E-state index contributed by atoms with van der Waals surface area (Å²) in [5.41, 5.74) is 4.17. The van der Waals surface area contributed by atoms with Gasteiger partial charge in [0.05, 0.1) is 6.61 Å². The second-order valence-electron chi connectivity index (χ2n) is 8.55. The fourth-order valence-electron chi connectivity index (χ4n) is 4.61. The minimum atomic E-state index is 0.149. The highest BCUT2D eigenvalue weighted by Gasteiger charge is 2.19. The van der Waals surface area contributed by atoms with Crippen LogP contribution in [0.5, 0.6) is 0 Å².